The molecule has 29 heavy (non-hydrogen) atoms. The first-order chi connectivity index (χ1) is 13.1. The highest BCUT2D eigenvalue weighted by Crippen LogP contribution is 2.39. The fourth-order valence-corrected chi connectivity index (χ4v) is 3.22. The molecule has 1 saturated heterocycles. The lowest BCUT2D eigenvalue weighted by Gasteiger charge is -2.42. The van der Waals surface area contributed by atoms with E-state index in [2.05, 4.69) is 0 Å². The number of rotatable bonds is 4. The van der Waals surface area contributed by atoms with Crippen molar-refractivity contribution in [3.05, 3.63) is 35.4 Å². The Bertz CT molecular complexity index is 703. The van der Waals surface area contributed by atoms with Crippen molar-refractivity contribution in [1.82, 2.24) is 9.80 Å². The molecule has 1 fully saturated rings. The topological polar surface area (TPSA) is 32.8 Å². The van der Waals surface area contributed by atoms with Gasteiger partial charge in [0.25, 0.3) is 0 Å². The van der Waals surface area contributed by atoms with E-state index in [0.717, 1.165) is 17.0 Å². The largest absolute Gasteiger partial charge is 0.444 e. The van der Waals surface area contributed by atoms with E-state index in [-0.39, 0.29) is 31.1 Å². The van der Waals surface area contributed by atoms with Gasteiger partial charge in [0.15, 0.2) is 0 Å². The number of likely N-dealkylation sites (tertiary alicyclic amines) is 1. The molecule has 0 radical (unpaired) electrons. The van der Waals surface area contributed by atoms with E-state index in [1.807, 2.05) is 0 Å². The second-order valence-electron chi connectivity index (χ2n) is 8.25. The molecule has 1 aliphatic heterocycles. The van der Waals surface area contributed by atoms with Crippen LogP contribution >= 0.6 is 0 Å². The first-order valence-electron chi connectivity index (χ1n) is 9.00. The molecule has 1 aromatic carbocycles. The number of benzene rings is 1. The zero-order valence-corrected chi connectivity index (χ0v) is 16.6. The number of halogens is 6. The zero-order valence-electron chi connectivity index (χ0n) is 16.6. The van der Waals surface area contributed by atoms with Crippen molar-refractivity contribution in [2.45, 2.75) is 44.8 Å². The van der Waals surface area contributed by atoms with Gasteiger partial charge in [-0.2, -0.15) is 26.3 Å². The molecule has 0 saturated carbocycles. The van der Waals surface area contributed by atoms with Crippen LogP contribution in [0, 0.1) is 5.92 Å². The van der Waals surface area contributed by atoms with Crippen molar-refractivity contribution in [2.75, 3.05) is 26.7 Å². The molecule has 10 heteroatoms. The van der Waals surface area contributed by atoms with Crippen molar-refractivity contribution in [3.63, 3.8) is 0 Å². The van der Waals surface area contributed by atoms with E-state index in [0.29, 0.717) is 12.1 Å². The lowest BCUT2D eigenvalue weighted by Crippen LogP contribution is -2.55. The third-order valence-corrected chi connectivity index (χ3v) is 4.46. The Morgan fingerprint density at radius 2 is 1.62 bits per heavy atom. The summed E-state index contributed by atoms with van der Waals surface area (Å²) in [5, 5.41) is 0. The summed E-state index contributed by atoms with van der Waals surface area (Å²) in [4.78, 5) is 14.4. The SMILES string of the molecule is CN(CC1CN(C(=O)OC(C)(C)C)C1)C(c1ccc(C(F)(F)F)cc1)C(F)(F)F. The molecule has 0 N–H and O–H groups in total. The second-order valence-corrected chi connectivity index (χ2v) is 8.25. The maximum atomic E-state index is 13.6. The minimum absolute atomic E-state index is 0.0322. The molecule has 1 atom stereocenters. The highest BCUT2D eigenvalue weighted by molar-refractivity contribution is 5.69. The summed E-state index contributed by atoms with van der Waals surface area (Å²) in [6.07, 6.45) is -9.80. The molecule has 1 aliphatic rings. The van der Waals surface area contributed by atoms with E-state index >= 15 is 0 Å². The number of carbonyl (C=O) groups excluding carboxylic acids is 1. The van der Waals surface area contributed by atoms with E-state index in [9.17, 15) is 31.1 Å². The first kappa shape index (κ1) is 23.3. The van der Waals surface area contributed by atoms with Crippen LogP contribution in [0.4, 0.5) is 31.1 Å². The minimum Gasteiger partial charge on any atom is -0.444 e. The smallest absolute Gasteiger partial charge is 0.416 e. The molecular weight excluding hydrogens is 402 g/mol. The molecule has 1 heterocycles. The quantitative estimate of drug-likeness (QED) is 0.628. The average Bonchev–Trinajstić information content (AvgIpc) is 2.47. The van der Waals surface area contributed by atoms with Gasteiger partial charge in [-0.05, 0) is 45.5 Å². The molecule has 1 amide bonds. The van der Waals surface area contributed by atoms with Crippen LogP contribution < -0.4 is 0 Å². The summed E-state index contributed by atoms with van der Waals surface area (Å²) >= 11 is 0. The Labute approximate surface area is 165 Å². The van der Waals surface area contributed by atoms with Crippen LogP contribution in [0.5, 0.6) is 0 Å². The van der Waals surface area contributed by atoms with E-state index < -0.39 is 35.7 Å². The average molecular weight is 426 g/mol. The van der Waals surface area contributed by atoms with Gasteiger partial charge in [-0.3, -0.25) is 4.90 Å². The van der Waals surface area contributed by atoms with Crippen LogP contribution in [-0.2, 0) is 10.9 Å². The van der Waals surface area contributed by atoms with Gasteiger partial charge in [0, 0.05) is 25.6 Å². The first-order valence-corrected chi connectivity index (χ1v) is 9.00. The van der Waals surface area contributed by atoms with E-state index in [1.165, 1.54) is 11.9 Å². The number of ether oxygens (including phenoxy) is 1. The Kier molecular flexibility index (Phi) is 6.46. The monoisotopic (exact) mass is 426 g/mol. The summed E-state index contributed by atoms with van der Waals surface area (Å²) in [6.45, 7) is 5.70. The fourth-order valence-electron chi connectivity index (χ4n) is 3.22. The number of carbonyl (C=O) groups is 1. The maximum Gasteiger partial charge on any atom is 0.416 e. The fraction of sp³-hybridized carbons (Fsp3) is 0.632. The van der Waals surface area contributed by atoms with Gasteiger partial charge in [0.05, 0.1) is 5.56 Å². The third kappa shape index (κ3) is 6.25. The lowest BCUT2D eigenvalue weighted by molar-refractivity contribution is -0.185. The molecule has 0 aliphatic carbocycles. The Morgan fingerprint density at radius 1 is 1.10 bits per heavy atom. The zero-order chi connectivity index (χ0) is 22.2. The lowest BCUT2D eigenvalue weighted by atomic mass is 9.97. The summed E-state index contributed by atoms with van der Waals surface area (Å²) in [5.74, 6) is -0.188. The van der Waals surface area contributed by atoms with Crippen molar-refractivity contribution >= 4 is 6.09 Å². The highest BCUT2D eigenvalue weighted by Gasteiger charge is 2.45. The van der Waals surface area contributed by atoms with Crippen LogP contribution in [0.1, 0.15) is 37.9 Å². The Morgan fingerprint density at radius 3 is 2.03 bits per heavy atom. The van der Waals surface area contributed by atoms with Crippen molar-refractivity contribution in [1.29, 1.82) is 0 Å². The van der Waals surface area contributed by atoms with Crippen molar-refractivity contribution in [2.24, 2.45) is 5.92 Å². The van der Waals surface area contributed by atoms with Gasteiger partial charge in [-0.15, -0.1) is 0 Å². The van der Waals surface area contributed by atoms with Gasteiger partial charge < -0.3 is 9.64 Å². The molecule has 4 nitrogen and oxygen atoms in total. The minimum atomic E-state index is -4.66. The van der Waals surface area contributed by atoms with Gasteiger partial charge in [-0.1, -0.05) is 12.1 Å². The van der Waals surface area contributed by atoms with Crippen LogP contribution in [-0.4, -0.2) is 54.4 Å². The van der Waals surface area contributed by atoms with Gasteiger partial charge in [-0.25, -0.2) is 4.79 Å². The number of alkyl halides is 6. The maximum absolute atomic E-state index is 13.6. The van der Waals surface area contributed by atoms with Gasteiger partial charge in [0.1, 0.15) is 11.6 Å². The standard InChI is InChI=1S/C19H24F6N2O2/c1-17(2,3)29-16(28)27-10-12(11-27)9-26(4)15(19(23,24)25)13-5-7-14(8-6-13)18(20,21)22/h5-8,12,15H,9-11H2,1-4H3. The third-order valence-electron chi connectivity index (χ3n) is 4.46. The van der Waals surface area contributed by atoms with Crippen molar-refractivity contribution < 1.29 is 35.9 Å². The van der Waals surface area contributed by atoms with Crippen LogP contribution in [0.15, 0.2) is 24.3 Å². The Balaban J connectivity index is 2.03. The summed E-state index contributed by atoms with van der Waals surface area (Å²) in [6, 6.07) is 0.960. The summed E-state index contributed by atoms with van der Waals surface area (Å²) in [5.41, 5.74) is -1.93. The molecule has 164 valence electrons. The molecule has 1 unspecified atom stereocenters. The van der Waals surface area contributed by atoms with E-state index in [4.69, 9.17) is 4.74 Å². The summed E-state index contributed by atoms with van der Waals surface area (Å²) in [7, 11) is 1.27. The number of hydrogen-bond acceptors (Lipinski definition) is 3. The van der Waals surface area contributed by atoms with Crippen molar-refractivity contribution in [3.8, 4) is 0 Å². The van der Waals surface area contributed by atoms with E-state index in [1.54, 1.807) is 20.8 Å². The molecule has 1 aromatic rings. The predicted molar refractivity (Wildman–Crippen MR) is 94.2 cm³/mol. The predicted octanol–water partition coefficient (Wildman–Crippen LogP) is 5.11. The molecular formula is C19H24F6N2O2. The molecule has 0 spiro atoms. The normalized spacial score (nSPS) is 17.3. The van der Waals surface area contributed by atoms with Crippen LogP contribution in [0.25, 0.3) is 0 Å². The number of hydrogen-bond donors (Lipinski definition) is 0. The Hall–Kier alpha value is -1.97. The van der Waals surface area contributed by atoms with Crippen LogP contribution in [0.2, 0.25) is 0 Å². The number of amides is 1. The molecule has 0 bridgehead atoms. The molecule has 2 rings (SSSR count). The van der Waals surface area contributed by atoms with Crippen LogP contribution in [0.3, 0.4) is 0 Å². The summed E-state index contributed by atoms with van der Waals surface area (Å²) < 4.78 is 84.0. The van der Waals surface area contributed by atoms with Gasteiger partial charge >= 0.3 is 18.4 Å². The number of nitrogens with zero attached hydrogens (tertiary/aromatic N) is 2. The van der Waals surface area contributed by atoms with Gasteiger partial charge in [0.2, 0.25) is 0 Å². The highest BCUT2D eigenvalue weighted by atomic mass is 19.4. The molecule has 0 aromatic heterocycles. The second kappa shape index (κ2) is 8.04.